The number of pyridine rings is 1. The Morgan fingerprint density at radius 1 is 0.782 bits per heavy atom. The summed E-state index contributed by atoms with van der Waals surface area (Å²) in [6.45, 7) is 4.78. The van der Waals surface area contributed by atoms with Gasteiger partial charge in [0, 0.05) is 46.1 Å². The molecule has 1 aromatic carbocycles. The predicted molar refractivity (Wildman–Crippen MR) is 297 cm³/mol. The minimum atomic E-state index is -4.14. The van der Waals surface area contributed by atoms with Crippen LogP contribution >= 0.6 is 68.0 Å². The van der Waals surface area contributed by atoms with Crippen molar-refractivity contribution >= 4 is 114 Å². The molecule has 0 unspecified atom stereocenters. The molecule has 406 valence electrons. The summed E-state index contributed by atoms with van der Waals surface area (Å²) in [4.78, 5) is 104. The second-order valence-corrected chi connectivity index (χ2v) is 24.6. The van der Waals surface area contributed by atoms with Crippen molar-refractivity contribution in [2.45, 2.75) is 58.0 Å². The summed E-state index contributed by atoms with van der Waals surface area (Å²) in [5.41, 5.74) is 2.24. The van der Waals surface area contributed by atoms with Crippen LogP contribution in [0.1, 0.15) is 106 Å². The summed E-state index contributed by atoms with van der Waals surface area (Å²) >= 11 is 6.85. The number of amides is 5. The number of rotatable bonds is 10. The highest BCUT2D eigenvalue weighted by atomic mass is 32.2. The molecule has 0 aliphatic carbocycles. The highest BCUT2D eigenvalue weighted by molar-refractivity contribution is 7.90. The van der Waals surface area contributed by atoms with E-state index < -0.39 is 70.5 Å². The Morgan fingerprint density at radius 3 is 2.21 bits per heavy atom. The van der Waals surface area contributed by atoms with Gasteiger partial charge in [0.1, 0.15) is 76.4 Å². The van der Waals surface area contributed by atoms with E-state index in [4.69, 9.17) is 35.7 Å². The first kappa shape index (κ1) is 55.8. The molecule has 8 aromatic rings. The second-order valence-electron chi connectivity index (χ2n) is 17.5. The number of aryl methyl sites for hydroxylation is 1. The lowest BCUT2D eigenvalue weighted by molar-refractivity contribution is -0.136. The van der Waals surface area contributed by atoms with Crippen LogP contribution in [0.25, 0.3) is 43.4 Å². The van der Waals surface area contributed by atoms with Crippen LogP contribution < -0.4 is 37.0 Å². The average Bonchev–Trinajstić information content (AvgIpc) is 4.30. The highest BCUT2D eigenvalue weighted by Crippen LogP contribution is 2.41. The van der Waals surface area contributed by atoms with Gasteiger partial charge in [-0.2, -0.15) is 8.42 Å². The van der Waals surface area contributed by atoms with Crippen LogP contribution in [0.4, 0.5) is 5.82 Å². The Morgan fingerprint density at radius 2 is 1.47 bits per heavy atom. The van der Waals surface area contributed by atoms with Crippen molar-refractivity contribution in [3.8, 4) is 43.4 Å². The van der Waals surface area contributed by atoms with Gasteiger partial charge in [-0.05, 0) is 30.5 Å². The number of nitrogens with one attached hydrogen (secondary N) is 5. The summed E-state index contributed by atoms with van der Waals surface area (Å²) in [7, 11) is -1.23. The SMILES string of the molecule is CNC(=O)C[C@@H]1NC(=O)c2csc(n2)-c2ccc(-c3nc(NS(N)(=O)=O)cs3)nc2-c2csc(n2)-c2csc(n2)[C@H]([C@@H](O)c2ccccc2)N(N)C(=O)CNC(=O)c2nc(sc2COC)[C@H](C(C)C)NC(=O)c2nc1sc2C. The van der Waals surface area contributed by atoms with E-state index in [-0.39, 0.29) is 51.9 Å². The highest BCUT2D eigenvalue weighted by Gasteiger charge is 2.35. The number of anilines is 1. The fraction of sp³-hybridized carbons (Fsp3) is 0.277. The Hall–Kier alpha value is -6.91. The molecule has 5 amide bonds. The number of nitrogens with zero attached hydrogens (tertiary/aromatic N) is 8. The van der Waals surface area contributed by atoms with E-state index in [1.807, 2.05) is 13.8 Å². The molecule has 0 spiro atoms. The molecule has 0 radical (unpaired) electrons. The maximum atomic E-state index is 14.2. The third-order valence-corrected chi connectivity index (χ3v) is 17.9. The number of hydrazine groups is 1. The van der Waals surface area contributed by atoms with Crippen molar-refractivity contribution in [3.63, 3.8) is 0 Å². The number of hydrogen-bond donors (Lipinski definition) is 8. The first-order valence-electron chi connectivity index (χ1n) is 23.3. The van der Waals surface area contributed by atoms with Crippen molar-refractivity contribution in [2.24, 2.45) is 16.9 Å². The number of hydrogen-bond acceptors (Lipinski definition) is 23. The molecule has 24 nitrogen and oxygen atoms in total. The first-order chi connectivity index (χ1) is 37.3. The van der Waals surface area contributed by atoms with Crippen molar-refractivity contribution in [2.75, 3.05) is 25.4 Å². The van der Waals surface area contributed by atoms with E-state index in [0.29, 0.717) is 63.7 Å². The number of methoxy groups -OCH3 is 1. The third-order valence-electron chi connectivity index (χ3n) is 11.7. The molecule has 4 atom stereocenters. The van der Waals surface area contributed by atoms with Gasteiger partial charge < -0.3 is 31.1 Å². The number of benzene rings is 1. The summed E-state index contributed by atoms with van der Waals surface area (Å²) in [6.07, 6.45) is -1.62. The summed E-state index contributed by atoms with van der Waals surface area (Å²) in [5.74, 6) is 3.20. The fourth-order valence-electron chi connectivity index (χ4n) is 7.91. The first-order valence-corrected chi connectivity index (χ1v) is 30.0. The van der Waals surface area contributed by atoms with E-state index in [1.165, 1.54) is 30.9 Å². The van der Waals surface area contributed by atoms with Gasteiger partial charge in [0.2, 0.25) is 5.91 Å². The van der Waals surface area contributed by atoms with Crippen molar-refractivity contribution in [1.82, 2.24) is 61.2 Å². The van der Waals surface area contributed by atoms with Crippen molar-refractivity contribution in [3.05, 3.63) is 111 Å². The van der Waals surface area contributed by atoms with Crippen LogP contribution in [0, 0.1) is 12.8 Å². The Bertz CT molecular complexity index is 3670. The monoisotopic (exact) mass is 1190 g/mol. The third kappa shape index (κ3) is 12.3. The Kier molecular flexibility index (Phi) is 16.9. The van der Waals surface area contributed by atoms with Gasteiger partial charge in [0.15, 0.2) is 5.82 Å². The standard InChI is InChI=1S/C47H47N15O9S7/c1-20(2)33-46-60-36(29(77-46)15-71-5)40(67)51-14-32(64)62(48)37(38(65)22-9-7-6-8-10-22)47-56-28(18-74-47)44-54-26(16-73-44)35-23(11-12-24(52-35)43-57-30(19-75-43)61-78(49,69)70)42-55-27(17-72-42)39(66)53-25(13-31(63)50-4)45-59-34(21(3)76-45)41(68)58-33/h6-12,16-20,25,33,37-38,61,65H,13-15,48H2,1-5H3,(H,50,63)(H,51,67)(H,53,66)(H,58,68)(H2,49,69,70)/t25-,33-,37-,38-/m0/s1. The number of fused-ring (bicyclic) bond motifs is 14. The number of aliphatic hydroxyl groups excluding tert-OH is 1. The minimum Gasteiger partial charge on any atom is -0.386 e. The molecule has 10 bridgehead atoms. The molecule has 7 aromatic heterocycles. The van der Waals surface area contributed by atoms with Crippen LogP contribution in [-0.4, -0.2) is 104 Å². The largest absolute Gasteiger partial charge is 0.386 e. The van der Waals surface area contributed by atoms with Crippen LogP contribution in [0.15, 0.2) is 64.0 Å². The summed E-state index contributed by atoms with van der Waals surface area (Å²) in [6, 6.07) is 8.94. The molecule has 0 saturated carbocycles. The number of carbonyl (C=O) groups excluding carboxylic acids is 5. The second kappa shape index (κ2) is 23.6. The maximum Gasteiger partial charge on any atom is 0.297 e. The Labute approximate surface area is 469 Å². The minimum absolute atomic E-state index is 0.00136. The molecule has 9 rings (SSSR count). The molecule has 78 heavy (non-hydrogen) atoms. The van der Waals surface area contributed by atoms with Gasteiger partial charge >= 0.3 is 0 Å². The molecule has 1 aliphatic rings. The van der Waals surface area contributed by atoms with Gasteiger partial charge in [0.25, 0.3) is 33.8 Å². The normalized spacial score (nSPS) is 17.0. The lowest BCUT2D eigenvalue weighted by Gasteiger charge is -2.30. The molecular weight excluding hydrogens is 1140 g/mol. The summed E-state index contributed by atoms with van der Waals surface area (Å²) < 4.78 is 31.2. The van der Waals surface area contributed by atoms with Crippen molar-refractivity contribution < 1.29 is 42.2 Å². The van der Waals surface area contributed by atoms with E-state index >= 15 is 0 Å². The number of aromatic nitrogens is 7. The topological polar surface area (TPSA) is 355 Å². The van der Waals surface area contributed by atoms with E-state index in [9.17, 15) is 37.5 Å². The van der Waals surface area contributed by atoms with Crippen LogP contribution in [0.5, 0.6) is 0 Å². The van der Waals surface area contributed by atoms with Crippen LogP contribution in [0.3, 0.4) is 0 Å². The van der Waals surface area contributed by atoms with E-state index in [1.54, 1.807) is 65.5 Å². The molecule has 8 heterocycles. The Balaban J connectivity index is 1.15. The number of carbonyl (C=O) groups is 5. The maximum absolute atomic E-state index is 14.2. The lowest BCUT2D eigenvalue weighted by atomic mass is 10.0. The molecular formula is C47H47N15O9S7. The fourth-order valence-corrected chi connectivity index (χ4v) is 13.9. The van der Waals surface area contributed by atoms with Gasteiger partial charge in [0.05, 0.1) is 42.2 Å². The molecule has 10 N–H and O–H groups in total. The van der Waals surface area contributed by atoms with E-state index in [2.05, 4.69) is 40.9 Å². The zero-order valence-corrected chi connectivity index (χ0v) is 47.4. The molecule has 31 heteroatoms. The van der Waals surface area contributed by atoms with Crippen LogP contribution in [0.2, 0.25) is 0 Å². The van der Waals surface area contributed by atoms with Gasteiger partial charge in [-0.25, -0.2) is 45.9 Å². The van der Waals surface area contributed by atoms with E-state index in [0.717, 1.165) is 61.7 Å². The average molecular weight is 1190 g/mol. The quantitative estimate of drug-likeness (QED) is 0.0618. The number of ether oxygens (including phenoxy) is 1. The lowest BCUT2D eigenvalue weighted by Crippen LogP contribution is -2.47. The molecule has 0 fully saturated rings. The smallest absolute Gasteiger partial charge is 0.297 e. The number of thiazole rings is 6. The van der Waals surface area contributed by atoms with Gasteiger partial charge in [-0.1, -0.05) is 44.2 Å². The number of nitrogens with two attached hydrogens (primary N) is 2. The van der Waals surface area contributed by atoms with Crippen LogP contribution in [-0.2, 0) is 31.1 Å². The van der Waals surface area contributed by atoms with Crippen molar-refractivity contribution in [1.29, 1.82) is 0 Å². The summed E-state index contributed by atoms with van der Waals surface area (Å²) in [5, 5.41) is 37.5. The van der Waals surface area contributed by atoms with Gasteiger partial charge in [-0.15, -0.1) is 68.0 Å². The molecule has 1 aliphatic heterocycles. The van der Waals surface area contributed by atoms with Gasteiger partial charge in [-0.3, -0.25) is 33.7 Å². The molecule has 0 saturated heterocycles. The predicted octanol–water partition coefficient (Wildman–Crippen LogP) is 5.51. The zero-order valence-electron chi connectivity index (χ0n) is 41.7. The number of aliphatic hydroxyl groups is 1. The zero-order chi connectivity index (χ0) is 55.6.